The van der Waals surface area contributed by atoms with Gasteiger partial charge in [-0.15, -0.1) is 0 Å². The van der Waals surface area contributed by atoms with E-state index in [2.05, 4.69) is 25.3 Å². The zero-order valence-electron chi connectivity index (χ0n) is 15.2. The van der Waals surface area contributed by atoms with Crippen LogP contribution in [-0.4, -0.2) is 51.0 Å². The van der Waals surface area contributed by atoms with E-state index in [1.54, 1.807) is 7.05 Å². The number of nitrogens with zero attached hydrogens (tertiary/aromatic N) is 4. The van der Waals surface area contributed by atoms with Crippen LogP contribution in [0.15, 0.2) is 48.9 Å². The van der Waals surface area contributed by atoms with Gasteiger partial charge < -0.3 is 15.2 Å². The second-order valence-electron chi connectivity index (χ2n) is 6.68. The third-order valence-electron chi connectivity index (χ3n) is 4.90. The number of likely N-dealkylation sites (tertiary alicyclic amines) is 1. The van der Waals surface area contributed by atoms with Crippen molar-refractivity contribution in [2.24, 2.45) is 0 Å². The minimum absolute atomic E-state index is 0.0311. The molecule has 4 rings (SSSR count). The number of aromatic nitrogens is 4. The average Bonchev–Trinajstić information content (AvgIpc) is 3.24. The van der Waals surface area contributed by atoms with E-state index < -0.39 is 0 Å². The van der Waals surface area contributed by atoms with Crippen LogP contribution in [0.2, 0.25) is 0 Å². The lowest BCUT2D eigenvalue weighted by Gasteiger charge is -2.31. The SMILES string of the molecule is CNC(=O)N1CCC[C@@H](c2ncc(-c3cnc(-c4ccccc4)nc3)[nH]2)C1. The maximum atomic E-state index is 11.9. The normalized spacial score (nSPS) is 16.9. The van der Waals surface area contributed by atoms with Crippen molar-refractivity contribution in [3.63, 3.8) is 0 Å². The number of H-pyrrole nitrogens is 1. The fourth-order valence-corrected chi connectivity index (χ4v) is 3.44. The van der Waals surface area contributed by atoms with Crippen LogP contribution in [0, 0.1) is 0 Å². The first-order valence-electron chi connectivity index (χ1n) is 9.14. The molecule has 3 aromatic rings. The molecule has 7 nitrogen and oxygen atoms in total. The molecule has 1 aliphatic heterocycles. The number of carbonyl (C=O) groups is 1. The van der Waals surface area contributed by atoms with E-state index in [1.807, 2.05) is 53.8 Å². The lowest BCUT2D eigenvalue weighted by atomic mass is 9.97. The van der Waals surface area contributed by atoms with Crippen molar-refractivity contribution in [3.05, 3.63) is 54.7 Å². The topological polar surface area (TPSA) is 86.8 Å². The lowest BCUT2D eigenvalue weighted by Crippen LogP contribution is -2.43. The van der Waals surface area contributed by atoms with E-state index in [0.29, 0.717) is 12.4 Å². The largest absolute Gasteiger partial charge is 0.342 e. The summed E-state index contributed by atoms with van der Waals surface area (Å²) >= 11 is 0. The van der Waals surface area contributed by atoms with Crippen LogP contribution in [0.25, 0.3) is 22.6 Å². The van der Waals surface area contributed by atoms with Crippen LogP contribution in [0.1, 0.15) is 24.6 Å². The van der Waals surface area contributed by atoms with Gasteiger partial charge in [0.1, 0.15) is 5.82 Å². The van der Waals surface area contributed by atoms with Gasteiger partial charge >= 0.3 is 6.03 Å². The van der Waals surface area contributed by atoms with Gasteiger partial charge in [-0.3, -0.25) is 0 Å². The van der Waals surface area contributed by atoms with Crippen LogP contribution in [-0.2, 0) is 0 Å². The highest BCUT2D eigenvalue weighted by molar-refractivity contribution is 5.74. The van der Waals surface area contributed by atoms with Crippen molar-refractivity contribution in [2.45, 2.75) is 18.8 Å². The molecule has 0 spiro atoms. The zero-order valence-corrected chi connectivity index (χ0v) is 15.2. The van der Waals surface area contributed by atoms with Gasteiger partial charge in [0, 0.05) is 49.6 Å². The van der Waals surface area contributed by atoms with E-state index in [-0.39, 0.29) is 11.9 Å². The third kappa shape index (κ3) is 3.67. The first kappa shape index (κ1) is 17.2. The highest BCUT2D eigenvalue weighted by Crippen LogP contribution is 2.27. The Bertz CT molecular complexity index is 906. The van der Waals surface area contributed by atoms with Gasteiger partial charge in [0.2, 0.25) is 0 Å². The van der Waals surface area contributed by atoms with Crippen molar-refractivity contribution in [3.8, 4) is 22.6 Å². The number of carbonyl (C=O) groups excluding carboxylic acids is 1. The highest BCUT2D eigenvalue weighted by atomic mass is 16.2. The Kier molecular flexibility index (Phi) is 4.82. The number of urea groups is 1. The second-order valence-corrected chi connectivity index (χ2v) is 6.68. The van der Waals surface area contributed by atoms with Crippen molar-refractivity contribution in [2.75, 3.05) is 20.1 Å². The quantitative estimate of drug-likeness (QED) is 0.750. The molecule has 1 atom stereocenters. The summed E-state index contributed by atoms with van der Waals surface area (Å²) in [5.41, 5.74) is 2.78. The molecule has 2 amide bonds. The minimum Gasteiger partial charge on any atom is -0.342 e. The van der Waals surface area contributed by atoms with Crippen molar-refractivity contribution < 1.29 is 4.79 Å². The molecule has 2 aromatic heterocycles. The number of rotatable bonds is 3. The monoisotopic (exact) mass is 362 g/mol. The Morgan fingerprint density at radius 3 is 2.63 bits per heavy atom. The summed E-state index contributed by atoms with van der Waals surface area (Å²) in [5.74, 6) is 1.83. The summed E-state index contributed by atoms with van der Waals surface area (Å²) in [6.07, 6.45) is 7.43. The van der Waals surface area contributed by atoms with E-state index in [4.69, 9.17) is 0 Å². The fraction of sp³-hybridized carbons (Fsp3) is 0.300. The maximum absolute atomic E-state index is 11.9. The molecule has 1 saturated heterocycles. The second kappa shape index (κ2) is 7.57. The molecule has 27 heavy (non-hydrogen) atoms. The number of imidazole rings is 1. The van der Waals surface area contributed by atoms with Crippen LogP contribution < -0.4 is 5.32 Å². The van der Waals surface area contributed by atoms with Crippen LogP contribution >= 0.6 is 0 Å². The van der Waals surface area contributed by atoms with E-state index in [1.165, 1.54) is 0 Å². The summed E-state index contributed by atoms with van der Waals surface area (Å²) < 4.78 is 0. The maximum Gasteiger partial charge on any atom is 0.317 e. The molecule has 7 heteroatoms. The van der Waals surface area contributed by atoms with Gasteiger partial charge in [-0.05, 0) is 12.8 Å². The number of hydrogen-bond acceptors (Lipinski definition) is 4. The molecular weight excluding hydrogens is 340 g/mol. The number of nitrogens with one attached hydrogen (secondary N) is 2. The molecule has 1 aromatic carbocycles. The molecular formula is C20H22N6O. The summed E-state index contributed by atoms with van der Waals surface area (Å²) in [6.45, 7) is 1.47. The summed E-state index contributed by atoms with van der Waals surface area (Å²) in [7, 11) is 1.66. The molecule has 3 heterocycles. The van der Waals surface area contributed by atoms with Crippen molar-refractivity contribution in [1.82, 2.24) is 30.2 Å². The minimum atomic E-state index is -0.0311. The van der Waals surface area contributed by atoms with Crippen LogP contribution in [0.4, 0.5) is 4.79 Å². The molecule has 0 radical (unpaired) electrons. The third-order valence-corrected chi connectivity index (χ3v) is 4.90. The Labute approximate surface area is 157 Å². The number of piperidine rings is 1. The zero-order chi connectivity index (χ0) is 18.6. The summed E-state index contributed by atoms with van der Waals surface area (Å²) in [6, 6.07) is 9.87. The Morgan fingerprint density at radius 1 is 1.11 bits per heavy atom. The predicted molar refractivity (Wildman–Crippen MR) is 103 cm³/mol. The van der Waals surface area contributed by atoms with Gasteiger partial charge in [0.15, 0.2) is 5.82 Å². The number of aromatic amines is 1. The highest BCUT2D eigenvalue weighted by Gasteiger charge is 2.26. The van der Waals surface area contributed by atoms with Crippen molar-refractivity contribution in [1.29, 1.82) is 0 Å². The molecule has 1 fully saturated rings. The summed E-state index contributed by atoms with van der Waals surface area (Å²) in [4.78, 5) is 30.6. The van der Waals surface area contributed by atoms with Gasteiger partial charge in [-0.25, -0.2) is 19.7 Å². The molecule has 2 N–H and O–H groups in total. The smallest absolute Gasteiger partial charge is 0.317 e. The number of amides is 2. The number of benzene rings is 1. The molecule has 138 valence electrons. The average molecular weight is 362 g/mol. The molecule has 0 aliphatic carbocycles. The van der Waals surface area contributed by atoms with E-state index in [0.717, 1.165) is 42.0 Å². The van der Waals surface area contributed by atoms with Gasteiger partial charge in [0.25, 0.3) is 0 Å². The molecule has 0 bridgehead atoms. The standard InChI is InChI=1S/C20H22N6O/c1-21-20(27)26-9-5-8-15(13-26)19-24-12-17(25-19)16-10-22-18(23-11-16)14-6-3-2-4-7-14/h2-4,6-7,10-12,15H,5,8-9,13H2,1H3,(H,21,27)(H,24,25)/t15-/m1/s1. The Morgan fingerprint density at radius 2 is 1.89 bits per heavy atom. The first-order chi connectivity index (χ1) is 13.2. The van der Waals surface area contributed by atoms with E-state index in [9.17, 15) is 4.79 Å². The number of hydrogen-bond donors (Lipinski definition) is 2. The van der Waals surface area contributed by atoms with Crippen molar-refractivity contribution >= 4 is 6.03 Å². The summed E-state index contributed by atoms with van der Waals surface area (Å²) in [5, 5.41) is 2.70. The Hall–Kier alpha value is -3.22. The molecule has 0 saturated carbocycles. The Balaban J connectivity index is 1.50. The predicted octanol–water partition coefficient (Wildman–Crippen LogP) is 3.05. The van der Waals surface area contributed by atoms with Gasteiger partial charge in [-0.1, -0.05) is 30.3 Å². The van der Waals surface area contributed by atoms with Gasteiger partial charge in [-0.2, -0.15) is 0 Å². The lowest BCUT2D eigenvalue weighted by molar-refractivity contribution is 0.180. The first-order valence-corrected chi connectivity index (χ1v) is 9.14. The van der Waals surface area contributed by atoms with Gasteiger partial charge in [0.05, 0.1) is 11.9 Å². The fourth-order valence-electron chi connectivity index (χ4n) is 3.44. The van der Waals surface area contributed by atoms with Crippen LogP contribution in [0.3, 0.4) is 0 Å². The molecule has 1 aliphatic rings. The van der Waals surface area contributed by atoms with Crippen LogP contribution in [0.5, 0.6) is 0 Å². The molecule has 0 unspecified atom stereocenters. The van der Waals surface area contributed by atoms with E-state index >= 15 is 0 Å².